The SMILES string of the molecule is Cc1cc(C)n2ncc(C(=O)Nc3ccc(-c4cn(Cc5ccc(C(=O)N6CC(c7ccccc7Cl)c7c([nH]c8ccccc78)C6C)cc5)nn4)cc3)c2n1. The van der Waals surface area contributed by atoms with Crippen molar-refractivity contribution in [3.05, 3.63) is 165 Å². The van der Waals surface area contributed by atoms with Gasteiger partial charge in [-0.3, -0.25) is 9.59 Å². The number of anilines is 1. The number of hydrogen-bond acceptors (Lipinski definition) is 6. The molecule has 272 valence electrons. The first-order chi connectivity index (χ1) is 26.7. The lowest BCUT2D eigenvalue weighted by Gasteiger charge is -2.38. The first kappa shape index (κ1) is 34.2. The van der Waals surface area contributed by atoms with Gasteiger partial charge in [-0.05, 0) is 79.9 Å². The maximum Gasteiger partial charge on any atom is 0.261 e. The Bertz CT molecular complexity index is 2750. The third kappa shape index (κ3) is 6.22. The van der Waals surface area contributed by atoms with E-state index in [9.17, 15) is 9.59 Å². The van der Waals surface area contributed by atoms with Gasteiger partial charge < -0.3 is 15.2 Å². The predicted octanol–water partition coefficient (Wildman–Crippen LogP) is 8.39. The number of nitrogens with one attached hydrogen (secondary N) is 2. The number of aromatic amines is 1. The quantitative estimate of drug-likeness (QED) is 0.169. The first-order valence-corrected chi connectivity index (χ1v) is 18.5. The number of halogens is 1. The lowest BCUT2D eigenvalue weighted by Crippen LogP contribution is -2.41. The van der Waals surface area contributed by atoms with E-state index in [1.807, 2.05) is 104 Å². The monoisotopic (exact) mass is 745 g/mol. The molecule has 12 heteroatoms. The molecule has 55 heavy (non-hydrogen) atoms. The van der Waals surface area contributed by atoms with Crippen LogP contribution in [0.4, 0.5) is 5.69 Å². The summed E-state index contributed by atoms with van der Waals surface area (Å²) in [5, 5.41) is 17.9. The normalized spacial score (nSPS) is 15.4. The van der Waals surface area contributed by atoms with Crippen LogP contribution in [-0.4, -0.2) is 57.8 Å². The van der Waals surface area contributed by atoms with Crippen molar-refractivity contribution >= 4 is 45.7 Å². The van der Waals surface area contributed by atoms with E-state index in [0.29, 0.717) is 46.3 Å². The molecule has 0 saturated carbocycles. The van der Waals surface area contributed by atoms with Gasteiger partial charge in [0.25, 0.3) is 11.8 Å². The van der Waals surface area contributed by atoms with E-state index in [1.54, 1.807) is 9.20 Å². The summed E-state index contributed by atoms with van der Waals surface area (Å²) in [5.41, 5.74) is 10.7. The number of carbonyl (C=O) groups excluding carboxylic acids is 2. The first-order valence-electron chi connectivity index (χ1n) is 18.1. The van der Waals surface area contributed by atoms with Gasteiger partial charge in [-0.1, -0.05) is 77.5 Å². The van der Waals surface area contributed by atoms with E-state index < -0.39 is 0 Å². The van der Waals surface area contributed by atoms with Crippen molar-refractivity contribution in [2.45, 2.75) is 39.3 Å². The largest absolute Gasteiger partial charge is 0.356 e. The summed E-state index contributed by atoms with van der Waals surface area (Å²) in [6.45, 7) is 6.89. The van der Waals surface area contributed by atoms with Crippen LogP contribution in [0.3, 0.4) is 0 Å². The number of fused-ring (bicyclic) bond motifs is 4. The second kappa shape index (κ2) is 13.7. The Balaban J connectivity index is 0.883. The molecule has 11 nitrogen and oxygen atoms in total. The van der Waals surface area contributed by atoms with Gasteiger partial charge in [-0.15, -0.1) is 5.10 Å². The molecule has 2 atom stereocenters. The molecule has 4 aromatic carbocycles. The van der Waals surface area contributed by atoms with Crippen LogP contribution in [0.1, 0.15) is 73.4 Å². The third-order valence-electron chi connectivity index (χ3n) is 10.5. The van der Waals surface area contributed by atoms with Gasteiger partial charge >= 0.3 is 0 Å². The van der Waals surface area contributed by atoms with Crippen molar-refractivity contribution in [1.29, 1.82) is 0 Å². The zero-order valence-electron chi connectivity index (χ0n) is 30.4. The fourth-order valence-corrected chi connectivity index (χ4v) is 8.00. The van der Waals surface area contributed by atoms with Gasteiger partial charge in [0.1, 0.15) is 11.3 Å². The van der Waals surface area contributed by atoms with Gasteiger partial charge in [0, 0.05) is 62.3 Å². The summed E-state index contributed by atoms with van der Waals surface area (Å²) in [5.74, 6) is -0.400. The molecule has 0 saturated heterocycles. The third-order valence-corrected chi connectivity index (χ3v) is 10.8. The molecule has 2 unspecified atom stereocenters. The average Bonchev–Trinajstić information content (AvgIpc) is 3.94. The number of amides is 2. The van der Waals surface area contributed by atoms with Crippen molar-refractivity contribution < 1.29 is 9.59 Å². The van der Waals surface area contributed by atoms with Crippen LogP contribution in [0, 0.1) is 13.8 Å². The summed E-state index contributed by atoms with van der Waals surface area (Å²) in [6.07, 6.45) is 3.42. The number of hydrogen-bond donors (Lipinski definition) is 2. The molecule has 1 aliphatic rings. The fourth-order valence-electron chi connectivity index (χ4n) is 7.73. The van der Waals surface area contributed by atoms with Crippen molar-refractivity contribution in [3.63, 3.8) is 0 Å². The van der Waals surface area contributed by atoms with Crippen LogP contribution in [0.15, 0.2) is 116 Å². The number of aromatic nitrogens is 7. The van der Waals surface area contributed by atoms with E-state index in [-0.39, 0.29) is 23.8 Å². The Hall–Kier alpha value is -6.59. The van der Waals surface area contributed by atoms with Crippen molar-refractivity contribution in [2.24, 2.45) is 0 Å². The standard InChI is InChI=1S/C43H36ClN9O2/c1-25-20-26(2)53-41(46-25)34(21-45-53)42(54)47-31-18-16-29(17-19-31)38-24-51(50-49-38)22-28-12-14-30(15-13-28)43(55)52-23-35(32-8-4-6-10-36(32)44)39-33-9-5-7-11-37(33)48-40(39)27(52)3/h4-21,24,27,35,48H,22-23H2,1-3H3,(H,47,54). The number of benzene rings is 4. The summed E-state index contributed by atoms with van der Waals surface area (Å²) < 4.78 is 3.43. The number of carbonyl (C=O) groups is 2. The Morgan fingerprint density at radius 2 is 1.71 bits per heavy atom. The lowest BCUT2D eigenvalue weighted by atomic mass is 9.83. The van der Waals surface area contributed by atoms with Crippen molar-refractivity contribution in [3.8, 4) is 11.3 Å². The zero-order valence-corrected chi connectivity index (χ0v) is 31.1. The minimum atomic E-state index is -0.283. The molecule has 8 aromatic rings. The molecule has 9 rings (SSSR count). The van der Waals surface area contributed by atoms with Crippen molar-refractivity contribution in [2.75, 3.05) is 11.9 Å². The van der Waals surface area contributed by atoms with E-state index >= 15 is 0 Å². The molecule has 0 spiro atoms. The lowest BCUT2D eigenvalue weighted by molar-refractivity contribution is 0.0662. The number of para-hydroxylation sites is 1. The highest BCUT2D eigenvalue weighted by molar-refractivity contribution is 6.31. The van der Waals surface area contributed by atoms with Crippen LogP contribution in [0.5, 0.6) is 0 Å². The predicted molar refractivity (Wildman–Crippen MR) is 212 cm³/mol. The van der Waals surface area contributed by atoms with Gasteiger partial charge in [0.2, 0.25) is 0 Å². The molecule has 2 amide bonds. The van der Waals surface area contributed by atoms with E-state index in [2.05, 4.69) is 61.9 Å². The summed E-state index contributed by atoms with van der Waals surface area (Å²) in [6, 6.07) is 33.1. The number of H-pyrrole nitrogens is 1. The van der Waals surface area contributed by atoms with E-state index in [1.165, 1.54) is 11.8 Å². The average molecular weight is 746 g/mol. The maximum atomic E-state index is 14.2. The van der Waals surface area contributed by atoms with Gasteiger partial charge in [0.05, 0.1) is 25.0 Å². The van der Waals surface area contributed by atoms with Crippen LogP contribution in [0.25, 0.3) is 27.8 Å². The highest BCUT2D eigenvalue weighted by Crippen LogP contribution is 2.45. The molecule has 5 heterocycles. The topological polar surface area (TPSA) is 126 Å². The Morgan fingerprint density at radius 1 is 0.945 bits per heavy atom. The highest BCUT2D eigenvalue weighted by atomic mass is 35.5. The maximum absolute atomic E-state index is 14.2. The zero-order chi connectivity index (χ0) is 37.8. The molecule has 0 bridgehead atoms. The molecule has 0 fully saturated rings. The Labute approximate surface area is 321 Å². The smallest absolute Gasteiger partial charge is 0.261 e. The van der Waals surface area contributed by atoms with Crippen LogP contribution in [-0.2, 0) is 6.54 Å². The van der Waals surface area contributed by atoms with E-state index in [4.69, 9.17) is 11.6 Å². The fraction of sp³-hybridized carbons (Fsp3) is 0.163. The molecule has 4 aromatic heterocycles. The van der Waals surface area contributed by atoms with Crippen LogP contribution in [0.2, 0.25) is 5.02 Å². The van der Waals surface area contributed by atoms with Gasteiger partial charge in [0.15, 0.2) is 5.65 Å². The minimum absolute atomic E-state index is 0.0383. The Morgan fingerprint density at radius 3 is 2.51 bits per heavy atom. The molecular weight excluding hydrogens is 710 g/mol. The van der Waals surface area contributed by atoms with E-state index in [0.717, 1.165) is 44.7 Å². The molecular formula is C43H36ClN9O2. The number of rotatable bonds is 7. The summed E-state index contributed by atoms with van der Waals surface area (Å²) >= 11 is 6.76. The summed E-state index contributed by atoms with van der Waals surface area (Å²) in [7, 11) is 0. The van der Waals surface area contributed by atoms with Crippen LogP contribution < -0.4 is 5.32 Å². The minimum Gasteiger partial charge on any atom is -0.356 e. The molecule has 2 N–H and O–H groups in total. The second-order valence-electron chi connectivity index (χ2n) is 14.1. The van der Waals surface area contributed by atoms with Gasteiger partial charge in [-0.25, -0.2) is 14.2 Å². The summed E-state index contributed by atoms with van der Waals surface area (Å²) in [4.78, 5) is 37.3. The molecule has 1 aliphatic heterocycles. The van der Waals surface area contributed by atoms with Gasteiger partial charge in [-0.2, -0.15) is 5.10 Å². The highest BCUT2D eigenvalue weighted by Gasteiger charge is 2.38. The number of nitrogens with zero attached hydrogens (tertiary/aromatic N) is 7. The van der Waals surface area contributed by atoms with Crippen LogP contribution >= 0.6 is 11.6 Å². The second-order valence-corrected chi connectivity index (χ2v) is 14.5. The Kier molecular flexibility index (Phi) is 8.50. The molecule has 0 aliphatic carbocycles. The van der Waals surface area contributed by atoms with Crippen molar-refractivity contribution in [1.82, 2.24) is 39.5 Å². The molecule has 0 radical (unpaired) electrons. The number of aryl methyl sites for hydroxylation is 2.